The standard InChI is InChI=1S/C7H5NO2/c9-5-6-3-1-2-4-7(6)8-10/h1-4,7H. The summed E-state index contributed by atoms with van der Waals surface area (Å²) in [5, 5.41) is 2.71. The average Bonchev–Trinajstić information content (AvgIpc) is 2.04. The molecule has 1 aliphatic rings. The maximum atomic E-state index is 10.1. The molecule has 0 saturated carbocycles. The van der Waals surface area contributed by atoms with Gasteiger partial charge in [0, 0.05) is 0 Å². The van der Waals surface area contributed by atoms with E-state index >= 15 is 0 Å². The highest BCUT2D eigenvalue weighted by atomic mass is 16.3. The second-order valence-electron chi connectivity index (χ2n) is 1.85. The van der Waals surface area contributed by atoms with Crippen molar-refractivity contribution in [3.05, 3.63) is 34.8 Å². The van der Waals surface area contributed by atoms with Gasteiger partial charge in [-0.25, -0.2) is 4.79 Å². The number of allylic oxidation sites excluding steroid dienone is 2. The monoisotopic (exact) mass is 135 g/mol. The van der Waals surface area contributed by atoms with Gasteiger partial charge in [-0.1, -0.05) is 23.4 Å². The maximum Gasteiger partial charge on any atom is 0.146 e. The summed E-state index contributed by atoms with van der Waals surface area (Å²) in [4.78, 5) is 20.1. The van der Waals surface area contributed by atoms with Crippen molar-refractivity contribution in [3.63, 3.8) is 0 Å². The number of hydrogen-bond acceptors (Lipinski definition) is 3. The highest BCUT2D eigenvalue weighted by molar-refractivity contribution is 5.62. The summed E-state index contributed by atoms with van der Waals surface area (Å²) in [6, 6.07) is -0.637. The summed E-state index contributed by atoms with van der Waals surface area (Å²) >= 11 is 0. The number of hydrogen-bond donors (Lipinski definition) is 0. The largest absolute Gasteiger partial charge is 0.233 e. The third kappa shape index (κ3) is 1.09. The SMILES string of the molecule is O=C=C1C=CC=CC1N=O. The van der Waals surface area contributed by atoms with Gasteiger partial charge in [0.05, 0.1) is 5.57 Å². The molecule has 0 heterocycles. The van der Waals surface area contributed by atoms with Gasteiger partial charge in [0.2, 0.25) is 0 Å². The van der Waals surface area contributed by atoms with Crippen molar-refractivity contribution in [3.8, 4) is 0 Å². The zero-order valence-electron chi connectivity index (χ0n) is 5.15. The Bertz CT molecular complexity index is 246. The van der Waals surface area contributed by atoms with Gasteiger partial charge in [0.1, 0.15) is 12.0 Å². The van der Waals surface area contributed by atoms with Crippen molar-refractivity contribution in [2.45, 2.75) is 6.04 Å². The molecule has 0 fully saturated rings. The molecule has 3 heteroatoms. The minimum Gasteiger partial charge on any atom is -0.233 e. The Morgan fingerprint density at radius 1 is 1.50 bits per heavy atom. The van der Waals surface area contributed by atoms with Crippen molar-refractivity contribution in [1.29, 1.82) is 0 Å². The highest BCUT2D eigenvalue weighted by Crippen LogP contribution is 2.10. The second kappa shape index (κ2) is 2.90. The normalized spacial score (nSPS) is 22.4. The maximum absolute atomic E-state index is 10.1. The molecule has 1 atom stereocenters. The number of nitroso groups, excluding NO2 is 1. The first-order chi connectivity index (χ1) is 4.88. The predicted octanol–water partition coefficient (Wildman–Crippen LogP) is 1.01. The van der Waals surface area contributed by atoms with Crippen LogP contribution < -0.4 is 0 Å². The summed E-state index contributed by atoms with van der Waals surface area (Å²) in [6.07, 6.45) is 6.42. The summed E-state index contributed by atoms with van der Waals surface area (Å²) in [5.41, 5.74) is 0.289. The van der Waals surface area contributed by atoms with E-state index in [1.165, 1.54) is 6.08 Å². The molecule has 3 nitrogen and oxygen atoms in total. The average molecular weight is 135 g/mol. The van der Waals surface area contributed by atoms with Crippen LogP contribution in [0.2, 0.25) is 0 Å². The molecule has 1 rings (SSSR count). The van der Waals surface area contributed by atoms with Crippen LogP contribution in [0.5, 0.6) is 0 Å². The van der Waals surface area contributed by atoms with Gasteiger partial charge in [-0.15, -0.1) is 4.91 Å². The summed E-state index contributed by atoms with van der Waals surface area (Å²) in [7, 11) is 0. The first-order valence-corrected chi connectivity index (χ1v) is 2.81. The first kappa shape index (κ1) is 6.65. The molecule has 0 aliphatic heterocycles. The summed E-state index contributed by atoms with van der Waals surface area (Å²) in [6.45, 7) is 0. The van der Waals surface area contributed by atoms with Gasteiger partial charge in [-0.2, -0.15) is 0 Å². The zero-order valence-corrected chi connectivity index (χ0v) is 5.15. The van der Waals surface area contributed by atoms with Crippen LogP contribution in [-0.4, -0.2) is 12.0 Å². The molecule has 1 unspecified atom stereocenters. The Balaban J connectivity index is 2.94. The fourth-order valence-electron chi connectivity index (χ4n) is 0.717. The lowest BCUT2D eigenvalue weighted by Crippen LogP contribution is -2.04. The van der Waals surface area contributed by atoms with Crippen molar-refractivity contribution in [1.82, 2.24) is 0 Å². The van der Waals surface area contributed by atoms with Crippen LogP contribution in [0.3, 0.4) is 0 Å². The first-order valence-electron chi connectivity index (χ1n) is 2.81. The molecule has 0 aromatic carbocycles. The third-order valence-electron chi connectivity index (χ3n) is 1.23. The second-order valence-corrected chi connectivity index (χ2v) is 1.85. The van der Waals surface area contributed by atoms with Crippen molar-refractivity contribution >= 4 is 5.94 Å². The molecule has 10 heavy (non-hydrogen) atoms. The Kier molecular flexibility index (Phi) is 1.92. The molecule has 50 valence electrons. The zero-order chi connectivity index (χ0) is 7.40. The smallest absolute Gasteiger partial charge is 0.146 e. The molecule has 0 aromatic heterocycles. The molecule has 0 N–H and O–H groups in total. The third-order valence-corrected chi connectivity index (χ3v) is 1.23. The van der Waals surface area contributed by atoms with E-state index in [4.69, 9.17) is 0 Å². The predicted molar refractivity (Wildman–Crippen MR) is 37.1 cm³/mol. The quantitative estimate of drug-likeness (QED) is 0.398. The molecule has 0 spiro atoms. The molecule has 0 bridgehead atoms. The molecular weight excluding hydrogens is 130 g/mol. The molecule has 0 radical (unpaired) electrons. The number of rotatable bonds is 1. The molecular formula is C7H5NO2. The topological polar surface area (TPSA) is 46.5 Å². The van der Waals surface area contributed by atoms with E-state index < -0.39 is 6.04 Å². The van der Waals surface area contributed by atoms with E-state index in [1.807, 2.05) is 0 Å². The fraction of sp³-hybridized carbons (Fsp3) is 0.143. The van der Waals surface area contributed by atoms with Crippen molar-refractivity contribution < 1.29 is 4.79 Å². The molecule has 0 saturated heterocycles. The lowest BCUT2D eigenvalue weighted by Gasteiger charge is -2.02. The van der Waals surface area contributed by atoms with E-state index in [0.29, 0.717) is 0 Å². The Labute approximate surface area is 57.7 Å². The summed E-state index contributed by atoms with van der Waals surface area (Å²) < 4.78 is 0. The van der Waals surface area contributed by atoms with E-state index in [0.717, 1.165) is 0 Å². The van der Waals surface area contributed by atoms with E-state index in [1.54, 1.807) is 24.2 Å². The minimum absolute atomic E-state index is 0.289. The van der Waals surface area contributed by atoms with Gasteiger partial charge >= 0.3 is 0 Å². The van der Waals surface area contributed by atoms with Gasteiger partial charge in [-0.3, -0.25) is 0 Å². The lowest BCUT2D eigenvalue weighted by atomic mass is 10.1. The van der Waals surface area contributed by atoms with E-state index in [-0.39, 0.29) is 5.57 Å². The van der Waals surface area contributed by atoms with Crippen LogP contribution in [-0.2, 0) is 4.79 Å². The van der Waals surface area contributed by atoms with E-state index in [9.17, 15) is 9.70 Å². The van der Waals surface area contributed by atoms with E-state index in [2.05, 4.69) is 5.18 Å². The van der Waals surface area contributed by atoms with Crippen LogP contribution in [0.1, 0.15) is 0 Å². The Morgan fingerprint density at radius 3 is 2.80 bits per heavy atom. The minimum atomic E-state index is -0.637. The number of carbonyl (C=O) groups excluding carboxylic acids is 1. The van der Waals surface area contributed by atoms with Crippen LogP contribution in [0.25, 0.3) is 0 Å². The highest BCUT2D eigenvalue weighted by Gasteiger charge is 2.10. The van der Waals surface area contributed by atoms with Crippen molar-refractivity contribution in [2.24, 2.45) is 5.18 Å². The summed E-state index contributed by atoms with van der Waals surface area (Å²) in [5.74, 6) is 1.64. The van der Waals surface area contributed by atoms with Crippen LogP contribution in [0, 0.1) is 4.91 Å². The lowest BCUT2D eigenvalue weighted by molar-refractivity contribution is 0.566. The van der Waals surface area contributed by atoms with Crippen molar-refractivity contribution in [2.75, 3.05) is 0 Å². The molecule has 0 amide bonds. The van der Waals surface area contributed by atoms with Gasteiger partial charge in [-0.05, 0) is 6.08 Å². The van der Waals surface area contributed by atoms with Gasteiger partial charge < -0.3 is 0 Å². The number of nitrogens with zero attached hydrogens (tertiary/aromatic N) is 1. The van der Waals surface area contributed by atoms with Gasteiger partial charge in [0.15, 0.2) is 0 Å². The van der Waals surface area contributed by atoms with Crippen LogP contribution in [0.15, 0.2) is 35.1 Å². The van der Waals surface area contributed by atoms with Gasteiger partial charge in [0.25, 0.3) is 0 Å². The molecule has 1 aliphatic carbocycles. The van der Waals surface area contributed by atoms with Crippen LogP contribution in [0.4, 0.5) is 0 Å². The Hall–Kier alpha value is -1.47. The fourth-order valence-corrected chi connectivity index (χ4v) is 0.717. The molecule has 0 aromatic rings. The Morgan fingerprint density at radius 2 is 2.30 bits per heavy atom. The van der Waals surface area contributed by atoms with Crippen LogP contribution >= 0.6 is 0 Å².